The summed E-state index contributed by atoms with van der Waals surface area (Å²) in [6.07, 6.45) is 3.46. The van der Waals surface area contributed by atoms with Crippen LogP contribution in [0, 0.1) is 17.8 Å². The van der Waals surface area contributed by atoms with Gasteiger partial charge < -0.3 is 28.4 Å². The molecule has 0 N–H and O–H groups in total. The highest BCUT2D eigenvalue weighted by atomic mass is 16.8. The largest absolute Gasteiger partial charge is 0.456 e. The molecule has 3 aliphatic heterocycles. The Hall–Kier alpha value is -1.48. The van der Waals surface area contributed by atoms with Crippen molar-refractivity contribution in [3.8, 4) is 0 Å². The van der Waals surface area contributed by atoms with E-state index in [2.05, 4.69) is 6.58 Å². The van der Waals surface area contributed by atoms with Gasteiger partial charge in [-0.05, 0) is 70.1 Å². The van der Waals surface area contributed by atoms with Crippen LogP contribution in [-0.4, -0.2) is 60.6 Å². The highest BCUT2D eigenvalue weighted by Gasteiger charge is 2.63. The summed E-state index contributed by atoms with van der Waals surface area (Å²) in [6.45, 7) is 7.32. The summed E-state index contributed by atoms with van der Waals surface area (Å²) in [6, 6.07) is 0. The number of fused-ring (bicyclic) bond motifs is 3. The summed E-state index contributed by atoms with van der Waals surface area (Å²) in [4.78, 5) is 25.1. The Labute approximate surface area is 181 Å². The lowest BCUT2D eigenvalue weighted by molar-refractivity contribution is -0.216. The zero-order valence-corrected chi connectivity index (χ0v) is 18.0. The van der Waals surface area contributed by atoms with Crippen molar-refractivity contribution >= 4 is 11.9 Å². The average molecular weight is 434 g/mol. The second-order valence-corrected chi connectivity index (χ2v) is 10.8. The van der Waals surface area contributed by atoms with Crippen LogP contribution in [0.15, 0.2) is 12.2 Å². The lowest BCUT2D eigenvalue weighted by Crippen LogP contribution is -2.53. The first kappa shape index (κ1) is 20.1. The van der Waals surface area contributed by atoms with Crippen molar-refractivity contribution in [2.45, 2.75) is 94.5 Å². The van der Waals surface area contributed by atoms with Gasteiger partial charge in [0.2, 0.25) is 0 Å². The number of rotatable bonds is 5. The Balaban J connectivity index is 1.05. The van der Waals surface area contributed by atoms with E-state index in [1.54, 1.807) is 13.8 Å². The van der Waals surface area contributed by atoms with Gasteiger partial charge >= 0.3 is 11.9 Å². The number of esters is 2. The van der Waals surface area contributed by atoms with E-state index in [-0.39, 0.29) is 17.8 Å². The minimum Gasteiger partial charge on any atom is -0.456 e. The van der Waals surface area contributed by atoms with Gasteiger partial charge in [0.15, 0.2) is 30.4 Å². The number of ether oxygens (including phenoxy) is 6. The van der Waals surface area contributed by atoms with Gasteiger partial charge in [-0.2, -0.15) is 0 Å². The third-order valence-electron chi connectivity index (χ3n) is 7.83. The van der Waals surface area contributed by atoms with Gasteiger partial charge in [-0.25, -0.2) is 9.59 Å². The molecule has 8 heteroatoms. The molecule has 0 spiro atoms. The normalized spacial score (nSPS) is 48.4. The number of carbonyl (C=O) groups is 2. The molecule has 5 unspecified atom stereocenters. The first-order valence-corrected chi connectivity index (χ1v) is 11.4. The standard InChI is InChI=1S/C23H30O8/c1-11(19(24)30-23-7-12-4-13(8-23)6-14(5-12)9-23)10-26-17-15-16(27-20(17)25)18-21(28-15)31-22(2,3)29-18/h12-18,21H,1,4-10H2,2-3H3. The molecule has 3 heterocycles. The minimum atomic E-state index is -0.949. The number of carbonyl (C=O) groups excluding carboxylic acids is 2. The molecule has 4 saturated carbocycles. The second kappa shape index (κ2) is 6.76. The van der Waals surface area contributed by atoms with Crippen LogP contribution in [0.4, 0.5) is 0 Å². The first-order valence-electron chi connectivity index (χ1n) is 11.4. The van der Waals surface area contributed by atoms with Crippen LogP contribution in [0.25, 0.3) is 0 Å². The third-order valence-corrected chi connectivity index (χ3v) is 7.83. The predicted octanol–water partition coefficient (Wildman–Crippen LogP) is 2.24. The molecule has 31 heavy (non-hydrogen) atoms. The maximum Gasteiger partial charge on any atom is 0.338 e. The van der Waals surface area contributed by atoms with Crippen LogP contribution in [0.3, 0.4) is 0 Å². The van der Waals surface area contributed by atoms with Crippen LogP contribution in [-0.2, 0) is 38.0 Å². The molecule has 170 valence electrons. The Morgan fingerprint density at radius 2 is 1.68 bits per heavy atom. The predicted molar refractivity (Wildman–Crippen MR) is 104 cm³/mol. The van der Waals surface area contributed by atoms with E-state index in [1.807, 2.05) is 0 Å². The molecule has 7 aliphatic rings. The van der Waals surface area contributed by atoms with E-state index in [1.165, 1.54) is 19.3 Å². The topological polar surface area (TPSA) is 89.5 Å². The van der Waals surface area contributed by atoms with Gasteiger partial charge in [-0.15, -0.1) is 0 Å². The number of hydrogen-bond donors (Lipinski definition) is 0. The monoisotopic (exact) mass is 434 g/mol. The lowest BCUT2D eigenvalue weighted by Gasteiger charge is -2.55. The zero-order chi connectivity index (χ0) is 21.5. The van der Waals surface area contributed by atoms with Gasteiger partial charge in [-0.1, -0.05) is 6.58 Å². The van der Waals surface area contributed by atoms with Gasteiger partial charge in [0.25, 0.3) is 0 Å². The van der Waals surface area contributed by atoms with Gasteiger partial charge in [-0.3, -0.25) is 0 Å². The second-order valence-electron chi connectivity index (χ2n) is 10.8. The van der Waals surface area contributed by atoms with Crippen molar-refractivity contribution in [2.24, 2.45) is 17.8 Å². The van der Waals surface area contributed by atoms with Crippen LogP contribution in [0.2, 0.25) is 0 Å². The minimum absolute atomic E-state index is 0.111. The van der Waals surface area contributed by atoms with Crippen LogP contribution in [0.5, 0.6) is 0 Å². The molecular formula is C23H30O8. The van der Waals surface area contributed by atoms with Crippen molar-refractivity contribution in [1.29, 1.82) is 0 Å². The first-order chi connectivity index (χ1) is 14.7. The highest BCUT2D eigenvalue weighted by molar-refractivity contribution is 5.88. The third kappa shape index (κ3) is 3.34. The summed E-state index contributed by atoms with van der Waals surface area (Å²) in [5.74, 6) is 0.305. The molecule has 7 fully saturated rings. The fourth-order valence-corrected chi connectivity index (χ4v) is 7.05. The van der Waals surface area contributed by atoms with Crippen molar-refractivity contribution < 1.29 is 38.0 Å². The SMILES string of the molecule is C=C(COC1C(=O)OC2C3OC(C)(C)OC3OC12)C(=O)OC12CC3CC(CC(C3)C1)C2. The summed E-state index contributed by atoms with van der Waals surface area (Å²) >= 11 is 0. The molecule has 0 aromatic rings. The molecule has 0 aromatic carbocycles. The molecule has 7 rings (SSSR count). The summed E-state index contributed by atoms with van der Waals surface area (Å²) in [5.41, 5.74) is -0.126. The molecule has 0 aromatic heterocycles. The maximum atomic E-state index is 12.8. The smallest absolute Gasteiger partial charge is 0.338 e. The Morgan fingerprint density at radius 3 is 2.32 bits per heavy atom. The molecule has 0 radical (unpaired) electrons. The Kier molecular flexibility index (Phi) is 4.39. The molecular weight excluding hydrogens is 404 g/mol. The van der Waals surface area contributed by atoms with Crippen molar-refractivity contribution in [2.75, 3.05) is 6.61 Å². The van der Waals surface area contributed by atoms with Crippen molar-refractivity contribution in [3.05, 3.63) is 12.2 Å². The van der Waals surface area contributed by atoms with E-state index < -0.39 is 48.4 Å². The quantitative estimate of drug-likeness (QED) is 0.481. The summed E-state index contributed by atoms with van der Waals surface area (Å²) in [5, 5.41) is 0. The highest BCUT2D eigenvalue weighted by Crippen LogP contribution is 2.57. The number of hydrogen-bond acceptors (Lipinski definition) is 8. The van der Waals surface area contributed by atoms with E-state index >= 15 is 0 Å². The zero-order valence-electron chi connectivity index (χ0n) is 18.0. The molecule has 0 amide bonds. The Bertz CT molecular complexity index is 783. The molecule has 5 atom stereocenters. The van der Waals surface area contributed by atoms with E-state index in [4.69, 9.17) is 28.4 Å². The van der Waals surface area contributed by atoms with Gasteiger partial charge in [0.1, 0.15) is 11.7 Å². The van der Waals surface area contributed by atoms with E-state index in [0.29, 0.717) is 17.8 Å². The van der Waals surface area contributed by atoms with Crippen molar-refractivity contribution in [1.82, 2.24) is 0 Å². The summed E-state index contributed by atoms with van der Waals surface area (Å²) < 4.78 is 34.6. The Morgan fingerprint density at radius 1 is 1.03 bits per heavy atom. The molecule has 4 aliphatic carbocycles. The van der Waals surface area contributed by atoms with E-state index in [9.17, 15) is 9.59 Å². The molecule has 3 saturated heterocycles. The fourth-order valence-electron chi connectivity index (χ4n) is 7.05. The van der Waals surface area contributed by atoms with Gasteiger partial charge in [0.05, 0.1) is 12.2 Å². The lowest BCUT2D eigenvalue weighted by atomic mass is 9.54. The van der Waals surface area contributed by atoms with Crippen LogP contribution in [0.1, 0.15) is 52.4 Å². The molecule has 4 bridgehead atoms. The summed E-state index contributed by atoms with van der Waals surface area (Å²) in [7, 11) is 0. The van der Waals surface area contributed by atoms with Crippen molar-refractivity contribution in [3.63, 3.8) is 0 Å². The maximum absolute atomic E-state index is 12.8. The van der Waals surface area contributed by atoms with E-state index in [0.717, 1.165) is 19.3 Å². The molecule has 8 nitrogen and oxygen atoms in total. The van der Waals surface area contributed by atoms with Crippen LogP contribution < -0.4 is 0 Å². The van der Waals surface area contributed by atoms with Crippen LogP contribution >= 0.6 is 0 Å². The average Bonchev–Trinajstić information content (AvgIpc) is 3.24. The van der Waals surface area contributed by atoms with Gasteiger partial charge in [0, 0.05) is 0 Å². The fraction of sp³-hybridized carbons (Fsp3) is 0.826.